The smallest absolute Gasteiger partial charge is 0.320 e. The van der Waals surface area contributed by atoms with Gasteiger partial charge in [0.2, 0.25) is 5.91 Å². The van der Waals surface area contributed by atoms with Gasteiger partial charge in [-0.05, 0) is 30.5 Å². The molecule has 118 valence electrons. The lowest BCUT2D eigenvalue weighted by molar-refractivity contribution is -0.121. The standard InChI is InChI=1S/C15H17ClFN3O2/c16-13-7-11(17)2-1-10(13)8-19-5-6-20(15(19)22)9-14(21)18-12-3-4-12/h1-2,7,12H,3-6,8-9H2,(H,18,21). The van der Waals surface area contributed by atoms with Crippen molar-refractivity contribution in [2.45, 2.75) is 25.4 Å². The van der Waals surface area contributed by atoms with Crippen LogP contribution in [0.2, 0.25) is 5.02 Å². The van der Waals surface area contributed by atoms with Gasteiger partial charge in [-0.15, -0.1) is 0 Å². The summed E-state index contributed by atoms with van der Waals surface area (Å²) in [5.74, 6) is -0.516. The highest BCUT2D eigenvalue weighted by molar-refractivity contribution is 6.31. The van der Waals surface area contributed by atoms with Gasteiger partial charge in [0, 0.05) is 30.7 Å². The molecule has 1 aromatic rings. The summed E-state index contributed by atoms with van der Waals surface area (Å²) in [5.41, 5.74) is 0.695. The predicted octanol–water partition coefficient (Wildman–Crippen LogP) is 2.00. The van der Waals surface area contributed by atoms with Gasteiger partial charge < -0.3 is 15.1 Å². The summed E-state index contributed by atoms with van der Waals surface area (Å²) in [7, 11) is 0. The normalized spacial score (nSPS) is 18.0. The van der Waals surface area contributed by atoms with Crippen LogP contribution < -0.4 is 5.32 Å². The van der Waals surface area contributed by atoms with Crippen LogP contribution in [-0.2, 0) is 11.3 Å². The molecule has 0 unspecified atom stereocenters. The van der Waals surface area contributed by atoms with Gasteiger partial charge in [-0.1, -0.05) is 17.7 Å². The third kappa shape index (κ3) is 3.50. The molecule has 3 amide bonds. The second-order valence-electron chi connectivity index (χ2n) is 5.70. The third-order valence-electron chi connectivity index (χ3n) is 3.83. The van der Waals surface area contributed by atoms with Gasteiger partial charge in [0.1, 0.15) is 12.4 Å². The summed E-state index contributed by atoms with van der Waals surface area (Å²) in [4.78, 5) is 27.2. The molecule has 0 aromatic heterocycles. The fourth-order valence-electron chi connectivity index (χ4n) is 2.46. The zero-order chi connectivity index (χ0) is 15.7. The van der Waals surface area contributed by atoms with E-state index in [-0.39, 0.29) is 18.5 Å². The molecule has 1 N–H and O–H groups in total. The largest absolute Gasteiger partial charge is 0.352 e. The highest BCUT2D eigenvalue weighted by Crippen LogP contribution is 2.22. The maximum atomic E-state index is 13.0. The lowest BCUT2D eigenvalue weighted by atomic mass is 10.2. The van der Waals surface area contributed by atoms with E-state index < -0.39 is 5.82 Å². The first-order chi connectivity index (χ1) is 10.5. The summed E-state index contributed by atoms with van der Waals surface area (Å²) in [6.07, 6.45) is 2.05. The number of urea groups is 1. The molecule has 0 radical (unpaired) electrons. The molecule has 2 aliphatic rings. The molecule has 2 fully saturated rings. The van der Waals surface area contributed by atoms with Crippen molar-refractivity contribution in [3.8, 4) is 0 Å². The number of carbonyl (C=O) groups is 2. The summed E-state index contributed by atoms with van der Waals surface area (Å²) in [6.45, 7) is 1.45. The van der Waals surface area contributed by atoms with E-state index in [0.717, 1.165) is 12.8 Å². The molecule has 5 nitrogen and oxygen atoms in total. The topological polar surface area (TPSA) is 52.7 Å². The summed E-state index contributed by atoms with van der Waals surface area (Å²) in [5, 5.41) is 3.17. The van der Waals surface area contributed by atoms with Gasteiger partial charge in [0.05, 0.1) is 0 Å². The molecule has 1 heterocycles. The van der Waals surface area contributed by atoms with Crippen LogP contribution in [0.4, 0.5) is 9.18 Å². The highest BCUT2D eigenvalue weighted by Gasteiger charge is 2.31. The number of nitrogens with zero attached hydrogens (tertiary/aromatic N) is 2. The summed E-state index contributed by atoms with van der Waals surface area (Å²) < 4.78 is 13.0. The molecule has 0 bridgehead atoms. The van der Waals surface area contributed by atoms with E-state index >= 15 is 0 Å². The fraction of sp³-hybridized carbons (Fsp3) is 0.467. The van der Waals surface area contributed by atoms with Crippen molar-refractivity contribution < 1.29 is 14.0 Å². The summed E-state index contributed by atoms with van der Waals surface area (Å²) >= 11 is 5.98. The molecular formula is C15H17ClFN3O2. The quantitative estimate of drug-likeness (QED) is 0.900. The van der Waals surface area contributed by atoms with Crippen molar-refractivity contribution in [3.63, 3.8) is 0 Å². The van der Waals surface area contributed by atoms with Gasteiger partial charge >= 0.3 is 6.03 Å². The van der Waals surface area contributed by atoms with E-state index in [1.54, 1.807) is 11.0 Å². The lowest BCUT2D eigenvalue weighted by Gasteiger charge is -2.19. The van der Waals surface area contributed by atoms with Crippen LogP contribution in [0, 0.1) is 5.82 Å². The number of rotatable bonds is 5. The molecular weight excluding hydrogens is 309 g/mol. The first kappa shape index (κ1) is 15.1. The molecule has 1 saturated carbocycles. The first-order valence-electron chi connectivity index (χ1n) is 7.30. The van der Waals surface area contributed by atoms with E-state index in [1.807, 2.05) is 0 Å². The van der Waals surface area contributed by atoms with E-state index in [9.17, 15) is 14.0 Å². The third-order valence-corrected chi connectivity index (χ3v) is 4.19. The first-order valence-corrected chi connectivity index (χ1v) is 7.68. The van der Waals surface area contributed by atoms with Crippen LogP contribution >= 0.6 is 11.6 Å². The molecule has 1 aromatic carbocycles. The Kier molecular flexibility index (Phi) is 4.20. The van der Waals surface area contributed by atoms with Gasteiger partial charge in [0.25, 0.3) is 0 Å². The van der Waals surface area contributed by atoms with Gasteiger partial charge in [0.15, 0.2) is 0 Å². The zero-order valence-electron chi connectivity index (χ0n) is 12.0. The van der Waals surface area contributed by atoms with E-state index in [1.165, 1.54) is 17.0 Å². The molecule has 0 spiro atoms. The number of hydrogen-bond acceptors (Lipinski definition) is 2. The SMILES string of the molecule is O=C(CN1CCN(Cc2ccc(F)cc2Cl)C1=O)NC1CC1. The molecule has 1 aliphatic carbocycles. The fourth-order valence-corrected chi connectivity index (χ4v) is 2.68. The zero-order valence-corrected chi connectivity index (χ0v) is 12.8. The van der Waals surface area contributed by atoms with E-state index in [4.69, 9.17) is 11.6 Å². The lowest BCUT2D eigenvalue weighted by Crippen LogP contribution is -2.40. The van der Waals surface area contributed by atoms with Crippen LogP contribution in [0.3, 0.4) is 0 Å². The second-order valence-corrected chi connectivity index (χ2v) is 6.11. The monoisotopic (exact) mass is 325 g/mol. The van der Waals surface area contributed by atoms with Crippen molar-refractivity contribution in [1.82, 2.24) is 15.1 Å². The number of halogens is 2. The number of hydrogen-bond donors (Lipinski definition) is 1. The summed E-state index contributed by atoms with van der Waals surface area (Å²) in [6, 6.07) is 4.24. The van der Waals surface area contributed by atoms with E-state index in [0.29, 0.717) is 36.3 Å². The van der Waals surface area contributed by atoms with Crippen molar-refractivity contribution in [1.29, 1.82) is 0 Å². The molecule has 0 atom stereocenters. The van der Waals surface area contributed by atoms with Crippen molar-refractivity contribution in [2.24, 2.45) is 0 Å². The van der Waals surface area contributed by atoms with E-state index in [2.05, 4.69) is 5.32 Å². The van der Waals surface area contributed by atoms with Crippen molar-refractivity contribution >= 4 is 23.5 Å². The van der Waals surface area contributed by atoms with Crippen LogP contribution in [-0.4, -0.2) is 47.4 Å². The number of amides is 3. The highest BCUT2D eigenvalue weighted by atomic mass is 35.5. The Morgan fingerprint density at radius 2 is 2.05 bits per heavy atom. The minimum absolute atomic E-state index is 0.0863. The van der Waals surface area contributed by atoms with Gasteiger partial charge in [-0.2, -0.15) is 0 Å². The van der Waals surface area contributed by atoms with Crippen LogP contribution in [0.25, 0.3) is 0 Å². The Balaban J connectivity index is 1.57. The minimum atomic E-state index is -0.403. The maximum absolute atomic E-state index is 13.0. The Hall–Kier alpha value is -1.82. The van der Waals surface area contributed by atoms with Gasteiger partial charge in [-0.3, -0.25) is 4.79 Å². The van der Waals surface area contributed by atoms with Crippen LogP contribution in [0.1, 0.15) is 18.4 Å². The van der Waals surface area contributed by atoms with Crippen molar-refractivity contribution in [2.75, 3.05) is 19.6 Å². The average Bonchev–Trinajstić information content (AvgIpc) is 3.21. The number of benzene rings is 1. The van der Waals surface area contributed by atoms with Crippen LogP contribution in [0.15, 0.2) is 18.2 Å². The number of carbonyl (C=O) groups excluding carboxylic acids is 2. The Morgan fingerprint density at radius 3 is 2.73 bits per heavy atom. The van der Waals surface area contributed by atoms with Gasteiger partial charge in [-0.25, -0.2) is 9.18 Å². The molecule has 1 aliphatic heterocycles. The predicted molar refractivity (Wildman–Crippen MR) is 80.0 cm³/mol. The molecule has 1 saturated heterocycles. The Bertz CT molecular complexity index is 606. The minimum Gasteiger partial charge on any atom is -0.352 e. The second kappa shape index (κ2) is 6.12. The Labute approximate surface area is 133 Å². The van der Waals surface area contributed by atoms with Crippen LogP contribution in [0.5, 0.6) is 0 Å². The Morgan fingerprint density at radius 1 is 1.32 bits per heavy atom. The number of nitrogens with one attached hydrogen (secondary N) is 1. The molecule has 3 rings (SSSR count). The van der Waals surface area contributed by atoms with Crippen molar-refractivity contribution in [3.05, 3.63) is 34.6 Å². The molecule has 22 heavy (non-hydrogen) atoms. The molecule has 7 heteroatoms. The maximum Gasteiger partial charge on any atom is 0.320 e. The average molecular weight is 326 g/mol.